The molecule has 2 amide bonds. The molecule has 2 heterocycles. The van der Waals surface area contributed by atoms with Gasteiger partial charge in [-0.3, -0.25) is 9.59 Å². The molecule has 1 aliphatic heterocycles. The second-order valence-corrected chi connectivity index (χ2v) is 8.88. The van der Waals surface area contributed by atoms with Crippen molar-refractivity contribution >= 4 is 22.8 Å². The number of amides is 2. The number of piperazine rings is 1. The average molecular weight is 436 g/mol. The van der Waals surface area contributed by atoms with E-state index >= 15 is 0 Å². The number of imidazole rings is 1. The third-order valence-electron chi connectivity index (χ3n) is 6.56. The minimum absolute atomic E-state index is 0.0143. The largest absolute Gasteiger partial charge is 0.380 e. The maximum absolute atomic E-state index is 15.0. The fourth-order valence-electron chi connectivity index (χ4n) is 4.40. The number of benzene rings is 2. The van der Waals surface area contributed by atoms with Crippen LogP contribution in [0.1, 0.15) is 30.1 Å². The zero-order valence-electron chi connectivity index (χ0n) is 18.1. The van der Waals surface area contributed by atoms with Gasteiger partial charge in [-0.25, -0.2) is 9.37 Å². The lowest BCUT2D eigenvalue weighted by Gasteiger charge is -2.40. The summed E-state index contributed by atoms with van der Waals surface area (Å²) in [6.07, 6.45) is 2.71. The molecule has 3 aromatic rings. The van der Waals surface area contributed by atoms with Gasteiger partial charge in [-0.05, 0) is 55.2 Å². The van der Waals surface area contributed by atoms with Crippen molar-refractivity contribution in [1.29, 1.82) is 0 Å². The van der Waals surface area contributed by atoms with Crippen LogP contribution in [0.4, 0.5) is 4.39 Å². The minimum atomic E-state index is -1.22. The fourth-order valence-corrected chi connectivity index (χ4v) is 4.40. The molecule has 2 aliphatic rings. The van der Waals surface area contributed by atoms with Gasteiger partial charge in [0.1, 0.15) is 11.4 Å². The van der Waals surface area contributed by atoms with Gasteiger partial charge in [0.25, 0.3) is 11.8 Å². The lowest BCUT2D eigenvalue weighted by Crippen LogP contribution is -2.58. The third-order valence-corrected chi connectivity index (χ3v) is 6.56. The molecule has 166 valence electrons. The van der Waals surface area contributed by atoms with Crippen LogP contribution >= 0.6 is 0 Å². The molecule has 0 radical (unpaired) electrons. The van der Waals surface area contributed by atoms with E-state index in [0.29, 0.717) is 38.0 Å². The number of fused-ring (bicyclic) bond motifs is 1. The van der Waals surface area contributed by atoms with Crippen LogP contribution in [0, 0.1) is 5.82 Å². The van der Waals surface area contributed by atoms with Gasteiger partial charge in [0.15, 0.2) is 0 Å². The molecule has 1 aromatic heterocycles. The van der Waals surface area contributed by atoms with E-state index in [0.717, 1.165) is 16.6 Å². The molecule has 5 rings (SSSR count). The summed E-state index contributed by atoms with van der Waals surface area (Å²) >= 11 is 0. The number of carbonyl (C=O) groups is 2. The molecule has 0 unspecified atom stereocenters. The van der Waals surface area contributed by atoms with Crippen molar-refractivity contribution in [2.24, 2.45) is 7.05 Å². The molecule has 8 heteroatoms. The first-order valence-corrected chi connectivity index (χ1v) is 10.8. The highest BCUT2D eigenvalue weighted by atomic mass is 19.1. The van der Waals surface area contributed by atoms with E-state index in [-0.39, 0.29) is 17.5 Å². The van der Waals surface area contributed by atoms with Gasteiger partial charge in [-0.15, -0.1) is 0 Å². The Labute approximate surface area is 185 Å². The summed E-state index contributed by atoms with van der Waals surface area (Å²) in [4.78, 5) is 33.0. The van der Waals surface area contributed by atoms with E-state index in [9.17, 15) is 19.1 Å². The Morgan fingerprint density at radius 3 is 2.53 bits per heavy atom. The summed E-state index contributed by atoms with van der Waals surface area (Å²) in [5.74, 6) is -1.23. The van der Waals surface area contributed by atoms with Gasteiger partial charge in [0, 0.05) is 32.7 Å². The molecule has 1 N–H and O–H groups in total. The predicted molar refractivity (Wildman–Crippen MR) is 117 cm³/mol. The number of hydrogen-bond donors (Lipinski definition) is 1. The lowest BCUT2D eigenvalue weighted by molar-refractivity contribution is -0.146. The number of carbonyl (C=O) groups excluding carboxylic acids is 2. The van der Waals surface area contributed by atoms with Gasteiger partial charge in [0.2, 0.25) is 0 Å². The fraction of sp³-hybridized carbons (Fsp3) is 0.375. The predicted octanol–water partition coefficient (Wildman–Crippen LogP) is 2.58. The zero-order valence-corrected chi connectivity index (χ0v) is 18.1. The van der Waals surface area contributed by atoms with E-state index in [1.807, 2.05) is 36.7 Å². The van der Waals surface area contributed by atoms with E-state index in [2.05, 4.69) is 4.98 Å². The number of nitrogens with zero attached hydrogens (tertiary/aromatic N) is 4. The number of halogens is 1. The maximum atomic E-state index is 15.0. The number of aromatic nitrogens is 2. The van der Waals surface area contributed by atoms with Crippen molar-refractivity contribution in [3.63, 3.8) is 0 Å². The molecule has 1 atom stereocenters. The van der Waals surface area contributed by atoms with Gasteiger partial charge in [-0.2, -0.15) is 0 Å². The van der Waals surface area contributed by atoms with Gasteiger partial charge in [-0.1, -0.05) is 12.1 Å². The summed E-state index contributed by atoms with van der Waals surface area (Å²) in [7, 11) is 1.92. The first-order valence-electron chi connectivity index (χ1n) is 10.8. The van der Waals surface area contributed by atoms with Crippen molar-refractivity contribution in [3.8, 4) is 11.1 Å². The summed E-state index contributed by atoms with van der Waals surface area (Å²) in [5.41, 5.74) is 2.10. The minimum Gasteiger partial charge on any atom is -0.380 e. The van der Waals surface area contributed by atoms with Crippen molar-refractivity contribution in [2.45, 2.75) is 31.4 Å². The lowest BCUT2D eigenvalue weighted by atomic mass is 10.0. The molecule has 7 nitrogen and oxygen atoms in total. The standard InChI is InChI=1S/C24H25FN4O3/c1-15-13-28(9-10-29(15)23(31)24(32)7-8-24)22(30)18-5-3-16(11-19(18)25)17-4-6-21-20(12-17)26-14-27(21)2/h3-6,11-12,14-15,32H,7-10,13H2,1-2H3/t15-/m0/s1. The number of hydrogen-bond acceptors (Lipinski definition) is 4. The third kappa shape index (κ3) is 3.44. The molecule has 1 saturated carbocycles. The molecule has 2 aromatic carbocycles. The summed E-state index contributed by atoms with van der Waals surface area (Å²) in [6.45, 7) is 2.79. The SMILES string of the molecule is C[C@H]1CN(C(=O)c2ccc(-c3ccc4c(c3)ncn4C)cc2F)CCN1C(=O)C1(O)CC1. The molecular formula is C24H25FN4O3. The first-order chi connectivity index (χ1) is 15.3. The first kappa shape index (κ1) is 20.6. The number of aliphatic hydroxyl groups is 1. The van der Waals surface area contributed by atoms with Crippen LogP contribution < -0.4 is 0 Å². The highest BCUT2D eigenvalue weighted by Crippen LogP contribution is 2.37. The molecule has 0 bridgehead atoms. The molecule has 1 saturated heterocycles. The highest BCUT2D eigenvalue weighted by molar-refractivity contribution is 5.95. The Balaban J connectivity index is 1.32. The summed E-state index contributed by atoms with van der Waals surface area (Å²) in [5, 5.41) is 10.1. The van der Waals surface area contributed by atoms with Crippen LogP contribution in [-0.4, -0.2) is 67.5 Å². The Bertz CT molecular complexity index is 1230. The van der Waals surface area contributed by atoms with Crippen molar-refractivity contribution < 1.29 is 19.1 Å². The Hall–Kier alpha value is -3.26. The summed E-state index contributed by atoms with van der Waals surface area (Å²) in [6, 6.07) is 10.1. The second kappa shape index (κ2) is 7.41. The van der Waals surface area contributed by atoms with Gasteiger partial charge < -0.3 is 19.5 Å². The number of rotatable bonds is 3. The molecular weight excluding hydrogens is 411 g/mol. The molecule has 32 heavy (non-hydrogen) atoms. The van der Waals surface area contributed by atoms with Crippen LogP contribution in [0.15, 0.2) is 42.7 Å². The monoisotopic (exact) mass is 436 g/mol. The van der Waals surface area contributed by atoms with Crippen LogP contribution in [0.25, 0.3) is 22.2 Å². The van der Waals surface area contributed by atoms with Crippen molar-refractivity contribution in [1.82, 2.24) is 19.4 Å². The second-order valence-electron chi connectivity index (χ2n) is 8.88. The van der Waals surface area contributed by atoms with Crippen LogP contribution in [-0.2, 0) is 11.8 Å². The zero-order chi connectivity index (χ0) is 22.6. The van der Waals surface area contributed by atoms with Gasteiger partial charge in [0.05, 0.1) is 22.9 Å². The van der Waals surface area contributed by atoms with Crippen molar-refractivity contribution in [3.05, 3.63) is 54.1 Å². The van der Waals surface area contributed by atoms with E-state index in [1.165, 1.54) is 12.1 Å². The van der Waals surface area contributed by atoms with Crippen molar-refractivity contribution in [2.75, 3.05) is 19.6 Å². The highest BCUT2D eigenvalue weighted by Gasteiger charge is 2.51. The quantitative estimate of drug-likeness (QED) is 0.685. The average Bonchev–Trinajstić information content (AvgIpc) is 3.44. The van der Waals surface area contributed by atoms with E-state index in [4.69, 9.17) is 0 Å². The number of aryl methyl sites for hydroxylation is 1. The van der Waals surface area contributed by atoms with Crippen LogP contribution in [0.2, 0.25) is 0 Å². The molecule has 1 aliphatic carbocycles. The van der Waals surface area contributed by atoms with Crippen LogP contribution in [0.5, 0.6) is 0 Å². The Morgan fingerprint density at radius 1 is 1.12 bits per heavy atom. The van der Waals surface area contributed by atoms with E-state index < -0.39 is 17.3 Å². The topological polar surface area (TPSA) is 78.7 Å². The van der Waals surface area contributed by atoms with Gasteiger partial charge >= 0.3 is 0 Å². The molecule has 2 fully saturated rings. The Morgan fingerprint density at radius 2 is 1.84 bits per heavy atom. The maximum Gasteiger partial charge on any atom is 0.256 e. The summed E-state index contributed by atoms with van der Waals surface area (Å²) < 4.78 is 16.9. The van der Waals surface area contributed by atoms with Crippen LogP contribution in [0.3, 0.4) is 0 Å². The van der Waals surface area contributed by atoms with E-state index in [1.54, 1.807) is 22.2 Å². The Kier molecular flexibility index (Phi) is 4.78. The molecule has 0 spiro atoms. The smallest absolute Gasteiger partial charge is 0.256 e. The normalized spacial score (nSPS) is 19.9.